The molecular weight excluding hydrogens is 605 g/mol. The quantitative estimate of drug-likeness (QED) is 0.194. The summed E-state index contributed by atoms with van der Waals surface area (Å²) >= 11 is 1.76. The molecule has 3 nitrogen and oxygen atoms in total. The fourth-order valence-electron chi connectivity index (χ4n) is 6.94. The molecule has 0 radical (unpaired) electrons. The Kier molecular flexibility index (Phi) is 6.05. The van der Waals surface area contributed by atoms with Gasteiger partial charge >= 0.3 is 0 Å². The van der Waals surface area contributed by atoms with Crippen molar-refractivity contribution in [2.24, 2.45) is 0 Å². The average Bonchev–Trinajstić information content (AvgIpc) is 3.73. The molecule has 0 saturated heterocycles. The van der Waals surface area contributed by atoms with E-state index in [1.807, 2.05) is 18.2 Å². The molecule has 0 aliphatic carbocycles. The number of aromatic nitrogens is 2. The highest BCUT2D eigenvalue weighted by Crippen LogP contribution is 2.44. The molecule has 0 fully saturated rings. The molecule has 10 aromatic rings. The van der Waals surface area contributed by atoms with E-state index in [1.54, 1.807) is 11.3 Å². The van der Waals surface area contributed by atoms with Gasteiger partial charge in [0.05, 0.1) is 15.9 Å². The highest BCUT2D eigenvalue weighted by atomic mass is 32.1. The van der Waals surface area contributed by atoms with Crippen molar-refractivity contribution in [3.05, 3.63) is 158 Å². The van der Waals surface area contributed by atoms with E-state index >= 15 is 0 Å². The van der Waals surface area contributed by atoms with Crippen LogP contribution < -0.4 is 0 Å². The zero-order chi connectivity index (χ0) is 31.6. The van der Waals surface area contributed by atoms with Crippen LogP contribution in [0.1, 0.15) is 0 Å². The van der Waals surface area contributed by atoms with E-state index in [4.69, 9.17) is 14.4 Å². The summed E-state index contributed by atoms with van der Waals surface area (Å²) in [5, 5.41) is 5.75. The molecule has 7 aromatic carbocycles. The third kappa shape index (κ3) is 4.34. The van der Waals surface area contributed by atoms with Gasteiger partial charge in [-0.1, -0.05) is 127 Å². The van der Waals surface area contributed by atoms with Gasteiger partial charge in [0.15, 0.2) is 5.82 Å². The van der Waals surface area contributed by atoms with E-state index in [2.05, 4.69) is 140 Å². The largest absolute Gasteiger partial charge is 0.456 e. The molecule has 4 heteroatoms. The van der Waals surface area contributed by atoms with E-state index in [0.717, 1.165) is 59.9 Å². The van der Waals surface area contributed by atoms with Crippen LogP contribution in [0.2, 0.25) is 0 Å². The summed E-state index contributed by atoms with van der Waals surface area (Å²) in [5.74, 6) is 0.705. The zero-order valence-electron chi connectivity index (χ0n) is 25.7. The van der Waals surface area contributed by atoms with Crippen LogP contribution in [0, 0.1) is 0 Å². The summed E-state index contributed by atoms with van der Waals surface area (Å²) in [6.07, 6.45) is 0. The number of fused-ring (bicyclic) bond motifs is 7. The van der Waals surface area contributed by atoms with E-state index in [-0.39, 0.29) is 0 Å². The molecule has 0 aliphatic rings. The summed E-state index contributed by atoms with van der Waals surface area (Å²) < 4.78 is 8.58. The van der Waals surface area contributed by atoms with Gasteiger partial charge in [-0.3, -0.25) is 0 Å². The van der Waals surface area contributed by atoms with Crippen LogP contribution in [0.4, 0.5) is 0 Å². The number of thiophene rings is 1. The molecule has 0 bridgehead atoms. The molecule has 10 rings (SSSR count). The van der Waals surface area contributed by atoms with Gasteiger partial charge in [-0.05, 0) is 63.4 Å². The highest BCUT2D eigenvalue weighted by Gasteiger charge is 2.21. The van der Waals surface area contributed by atoms with Gasteiger partial charge in [-0.15, -0.1) is 11.3 Å². The molecular formula is C44H26N2OS. The lowest BCUT2D eigenvalue weighted by atomic mass is 9.99. The van der Waals surface area contributed by atoms with Gasteiger partial charge in [0.2, 0.25) is 0 Å². The van der Waals surface area contributed by atoms with Gasteiger partial charge in [0.1, 0.15) is 11.2 Å². The van der Waals surface area contributed by atoms with Crippen molar-refractivity contribution in [2.75, 3.05) is 0 Å². The second-order valence-corrected chi connectivity index (χ2v) is 13.2. The SMILES string of the molecule is c1ccc(-c2ccc3c(c2)sc2c(-c4cccc5oc6ccccc6c45)nc(-c4cccc(-c5ccc6ccccc6c5)c4)nc23)cc1. The maximum Gasteiger partial charge on any atom is 0.160 e. The zero-order valence-corrected chi connectivity index (χ0v) is 26.5. The Balaban J connectivity index is 1.23. The highest BCUT2D eigenvalue weighted by molar-refractivity contribution is 7.26. The first-order valence-corrected chi connectivity index (χ1v) is 16.9. The number of furan rings is 1. The summed E-state index contributed by atoms with van der Waals surface area (Å²) in [7, 11) is 0. The Morgan fingerprint density at radius 2 is 1.17 bits per heavy atom. The summed E-state index contributed by atoms with van der Waals surface area (Å²) in [6.45, 7) is 0. The molecule has 0 saturated carbocycles. The van der Waals surface area contributed by atoms with Crippen LogP contribution in [0.15, 0.2) is 162 Å². The van der Waals surface area contributed by atoms with Crippen molar-refractivity contribution in [1.82, 2.24) is 9.97 Å². The molecule has 0 N–H and O–H groups in total. The van der Waals surface area contributed by atoms with Crippen molar-refractivity contribution in [3.8, 4) is 44.9 Å². The monoisotopic (exact) mass is 630 g/mol. The molecule has 0 aliphatic heterocycles. The Labute approximate surface area is 280 Å². The Hall–Kier alpha value is -6.10. The molecule has 3 heterocycles. The smallest absolute Gasteiger partial charge is 0.160 e. The molecule has 0 spiro atoms. The number of hydrogen-bond acceptors (Lipinski definition) is 4. The normalized spacial score (nSPS) is 11.8. The van der Waals surface area contributed by atoms with Gasteiger partial charge in [0, 0.05) is 32.0 Å². The van der Waals surface area contributed by atoms with Crippen LogP contribution in [-0.4, -0.2) is 9.97 Å². The molecule has 224 valence electrons. The third-order valence-corrected chi connectivity index (χ3v) is 10.4. The predicted molar refractivity (Wildman–Crippen MR) is 201 cm³/mol. The number of benzene rings is 7. The molecule has 3 aromatic heterocycles. The van der Waals surface area contributed by atoms with Crippen molar-refractivity contribution >= 4 is 64.4 Å². The lowest BCUT2D eigenvalue weighted by Gasteiger charge is -2.10. The number of hydrogen-bond donors (Lipinski definition) is 0. The second-order valence-electron chi connectivity index (χ2n) is 12.2. The minimum Gasteiger partial charge on any atom is -0.456 e. The Morgan fingerprint density at radius 3 is 2.10 bits per heavy atom. The average molecular weight is 631 g/mol. The first-order valence-electron chi connectivity index (χ1n) is 16.1. The van der Waals surface area contributed by atoms with Crippen molar-refractivity contribution in [1.29, 1.82) is 0 Å². The summed E-state index contributed by atoms with van der Waals surface area (Å²) in [5.41, 5.74) is 10.3. The standard InChI is InChI=1S/C44H26N2OS/c1-2-10-27(11-3-1)32-22-23-35-39(26-32)48-43-41(35)45-44(33-15-8-14-30(25-33)31-21-20-28-12-4-5-13-29(28)24-31)46-42(43)36-17-9-19-38-40(36)34-16-6-7-18-37(34)47-38/h1-26H. The van der Waals surface area contributed by atoms with E-state index in [9.17, 15) is 0 Å². The second kappa shape index (κ2) is 10.7. The van der Waals surface area contributed by atoms with Gasteiger partial charge in [0.25, 0.3) is 0 Å². The van der Waals surface area contributed by atoms with Crippen LogP contribution in [0.25, 0.3) is 97.9 Å². The Morgan fingerprint density at radius 1 is 0.458 bits per heavy atom. The minimum absolute atomic E-state index is 0.705. The van der Waals surface area contributed by atoms with Crippen molar-refractivity contribution < 1.29 is 4.42 Å². The number of rotatable bonds is 4. The van der Waals surface area contributed by atoms with Crippen molar-refractivity contribution in [3.63, 3.8) is 0 Å². The maximum atomic E-state index is 6.32. The molecule has 0 unspecified atom stereocenters. The molecule has 48 heavy (non-hydrogen) atoms. The summed E-state index contributed by atoms with van der Waals surface area (Å²) in [4.78, 5) is 10.7. The van der Waals surface area contributed by atoms with Crippen LogP contribution >= 0.6 is 11.3 Å². The lowest BCUT2D eigenvalue weighted by Crippen LogP contribution is -1.94. The van der Waals surface area contributed by atoms with Crippen LogP contribution in [0.3, 0.4) is 0 Å². The number of nitrogens with zero attached hydrogens (tertiary/aromatic N) is 2. The van der Waals surface area contributed by atoms with Gasteiger partial charge < -0.3 is 4.42 Å². The van der Waals surface area contributed by atoms with E-state index < -0.39 is 0 Å². The van der Waals surface area contributed by atoms with Crippen LogP contribution in [0.5, 0.6) is 0 Å². The van der Waals surface area contributed by atoms with E-state index in [0.29, 0.717) is 5.82 Å². The predicted octanol–water partition coefficient (Wildman–Crippen LogP) is 12.6. The first-order chi connectivity index (χ1) is 23.8. The summed E-state index contributed by atoms with van der Waals surface area (Å²) in [6, 6.07) is 55.5. The topological polar surface area (TPSA) is 38.9 Å². The third-order valence-electron chi connectivity index (χ3n) is 9.28. The van der Waals surface area contributed by atoms with Gasteiger partial charge in [-0.2, -0.15) is 0 Å². The van der Waals surface area contributed by atoms with Crippen LogP contribution in [-0.2, 0) is 0 Å². The van der Waals surface area contributed by atoms with E-state index in [1.165, 1.54) is 32.2 Å². The first kappa shape index (κ1) is 27.1. The fourth-order valence-corrected chi connectivity index (χ4v) is 8.13. The molecule has 0 atom stereocenters. The lowest BCUT2D eigenvalue weighted by molar-refractivity contribution is 0.669. The Bertz CT molecular complexity index is 2850. The fraction of sp³-hybridized carbons (Fsp3) is 0. The minimum atomic E-state index is 0.705. The number of para-hydroxylation sites is 1. The van der Waals surface area contributed by atoms with Gasteiger partial charge in [-0.25, -0.2) is 9.97 Å². The van der Waals surface area contributed by atoms with Crippen molar-refractivity contribution in [2.45, 2.75) is 0 Å². The molecule has 0 amide bonds. The maximum absolute atomic E-state index is 6.32.